The molecule has 1 aromatic heterocycles. The lowest BCUT2D eigenvalue weighted by atomic mass is 10.1. The summed E-state index contributed by atoms with van der Waals surface area (Å²) >= 11 is 0. The Morgan fingerprint density at radius 3 is 2.82 bits per heavy atom. The van der Waals surface area contributed by atoms with E-state index in [2.05, 4.69) is 34.5 Å². The van der Waals surface area contributed by atoms with Crippen LogP contribution in [0.2, 0.25) is 0 Å². The SMILES string of the molecule is Cc1ccc(-c2noc([C@H]3CCC[NH2+]3)n2)cc1. The average molecular weight is 230 g/mol. The lowest BCUT2D eigenvalue weighted by molar-refractivity contribution is -0.678. The van der Waals surface area contributed by atoms with E-state index >= 15 is 0 Å². The molecule has 0 unspecified atom stereocenters. The fraction of sp³-hybridized carbons (Fsp3) is 0.385. The van der Waals surface area contributed by atoms with Crippen molar-refractivity contribution in [2.45, 2.75) is 25.8 Å². The second-order valence-electron chi connectivity index (χ2n) is 4.60. The molecule has 1 saturated heterocycles. The van der Waals surface area contributed by atoms with Gasteiger partial charge < -0.3 is 9.84 Å². The van der Waals surface area contributed by atoms with Crippen molar-refractivity contribution < 1.29 is 9.84 Å². The topological polar surface area (TPSA) is 55.5 Å². The van der Waals surface area contributed by atoms with Crippen molar-refractivity contribution >= 4 is 0 Å². The minimum absolute atomic E-state index is 0.363. The van der Waals surface area contributed by atoms with Crippen molar-refractivity contribution in [3.8, 4) is 11.4 Å². The van der Waals surface area contributed by atoms with Crippen molar-refractivity contribution in [1.29, 1.82) is 0 Å². The lowest BCUT2D eigenvalue weighted by Crippen LogP contribution is -2.81. The van der Waals surface area contributed by atoms with Crippen LogP contribution in [0.3, 0.4) is 0 Å². The highest BCUT2D eigenvalue weighted by Crippen LogP contribution is 2.20. The first-order valence-corrected chi connectivity index (χ1v) is 6.07. The van der Waals surface area contributed by atoms with E-state index < -0.39 is 0 Å². The van der Waals surface area contributed by atoms with Crippen LogP contribution in [0.25, 0.3) is 11.4 Å². The molecule has 2 aromatic rings. The van der Waals surface area contributed by atoms with Gasteiger partial charge in [0.25, 0.3) is 5.89 Å². The molecule has 0 radical (unpaired) electrons. The maximum atomic E-state index is 5.34. The maximum absolute atomic E-state index is 5.34. The maximum Gasteiger partial charge on any atom is 0.285 e. The van der Waals surface area contributed by atoms with E-state index in [-0.39, 0.29) is 0 Å². The summed E-state index contributed by atoms with van der Waals surface area (Å²) in [6.45, 7) is 3.23. The van der Waals surface area contributed by atoms with E-state index in [0.717, 1.165) is 24.4 Å². The molecule has 1 aliphatic heterocycles. The number of quaternary nitrogens is 1. The molecule has 3 rings (SSSR count). The molecule has 17 heavy (non-hydrogen) atoms. The second-order valence-corrected chi connectivity index (χ2v) is 4.60. The van der Waals surface area contributed by atoms with Crippen molar-refractivity contribution in [2.24, 2.45) is 0 Å². The number of hydrogen-bond donors (Lipinski definition) is 1. The predicted octanol–water partition coefficient (Wildman–Crippen LogP) is 1.44. The monoisotopic (exact) mass is 230 g/mol. The summed E-state index contributed by atoms with van der Waals surface area (Å²) < 4.78 is 5.34. The van der Waals surface area contributed by atoms with Gasteiger partial charge in [0, 0.05) is 18.4 Å². The van der Waals surface area contributed by atoms with Crippen molar-refractivity contribution in [3.05, 3.63) is 35.7 Å². The van der Waals surface area contributed by atoms with Gasteiger partial charge in [-0.15, -0.1) is 0 Å². The number of aromatic nitrogens is 2. The highest BCUT2D eigenvalue weighted by atomic mass is 16.5. The van der Waals surface area contributed by atoms with E-state index in [9.17, 15) is 0 Å². The summed E-state index contributed by atoms with van der Waals surface area (Å²) in [6.07, 6.45) is 2.36. The van der Waals surface area contributed by atoms with Crippen LogP contribution < -0.4 is 5.32 Å². The molecule has 1 aromatic carbocycles. The molecule has 2 N–H and O–H groups in total. The first-order valence-electron chi connectivity index (χ1n) is 6.07. The number of nitrogens with two attached hydrogens (primary N) is 1. The molecular weight excluding hydrogens is 214 g/mol. The molecule has 2 heterocycles. The summed E-state index contributed by atoms with van der Waals surface area (Å²) in [5.74, 6) is 1.46. The summed E-state index contributed by atoms with van der Waals surface area (Å²) in [4.78, 5) is 4.48. The first-order chi connectivity index (χ1) is 8.33. The summed E-state index contributed by atoms with van der Waals surface area (Å²) in [7, 11) is 0. The molecule has 1 aliphatic rings. The number of rotatable bonds is 2. The van der Waals surface area contributed by atoms with Crippen LogP contribution in [0.1, 0.15) is 30.3 Å². The molecular formula is C13H16N3O+. The molecule has 4 nitrogen and oxygen atoms in total. The average Bonchev–Trinajstić information content (AvgIpc) is 3.00. The number of hydrogen-bond acceptors (Lipinski definition) is 3. The van der Waals surface area contributed by atoms with Crippen LogP contribution in [0.15, 0.2) is 28.8 Å². The number of benzene rings is 1. The van der Waals surface area contributed by atoms with Crippen LogP contribution in [-0.4, -0.2) is 16.7 Å². The fourth-order valence-corrected chi connectivity index (χ4v) is 2.20. The zero-order chi connectivity index (χ0) is 11.7. The van der Waals surface area contributed by atoms with Crippen molar-refractivity contribution in [3.63, 3.8) is 0 Å². The van der Waals surface area contributed by atoms with Gasteiger partial charge in [-0.1, -0.05) is 35.0 Å². The first kappa shape index (κ1) is 10.5. The van der Waals surface area contributed by atoms with Gasteiger partial charge in [-0.05, 0) is 6.92 Å². The van der Waals surface area contributed by atoms with E-state index in [1.54, 1.807) is 0 Å². The third-order valence-electron chi connectivity index (χ3n) is 3.24. The Bertz CT molecular complexity index is 498. The highest BCUT2D eigenvalue weighted by Gasteiger charge is 2.26. The second kappa shape index (κ2) is 4.30. The Hall–Kier alpha value is -1.68. The van der Waals surface area contributed by atoms with Crippen LogP contribution in [-0.2, 0) is 0 Å². The van der Waals surface area contributed by atoms with Gasteiger partial charge >= 0.3 is 0 Å². The van der Waals surface area contributed by atoms with Gasteiger partial charge in [0.05, 0.1) is 6.54 Å². The molecule has 88 valence electrons. The van der Waals surface area contributed by atoms with Gasteiger partial charge in [-0.25, -0.2) is 0 Å². The van der Waals surface area contributed by atoms with E-state index in [0.29, 0.717) is 11.9 Å². The number of aryl methyl sites for hydroxylation is 1. The fourth-order valence-electron chi connectivity index (χ4n) is 2.20. The highest BCUT2D eigenvalue weighted by molar-refractivity contribution is 5.54. The molecule has 0 aliphatic carbocycles. The lowest BCUT2D eigenvalue weighted by Gasteiger charge is -1.98. The molecule has 1 fully saturated rings. The predicted molar refractivity (Wildman–Crippen MR) is 63.2 cm³/mol. The van der Waals surface area contributed by atoms with Crippen LogP contribution in [0.4, 0.5) is 0 Å². The zero-order valence-corrected chi connectivity index (χ0v) is 9.89. The normalized spacial score (nSPS) is 19.7. The van der Waals surface area contributed by atoms with Gasteiger partial charge in [0.15, 0.2) is 6.04 Å². The molecule has 0 bridgehead atoms. The van der Waals surface area contributed by atoms with Crippen LogP contribution in [0, 0.1) is 6.92 Å². The van der Waals surface area contributed by atoms with Gasteiger partial charge in [0.1, 0.15) is 0 Å². The minimum Gasteiger partial charge on any atom is -0.336 e. The summed E-state index contributed by atoms with van der Waals surface area (Å²) in [5, 5.41) is 6.32. The van der Waals surface area contributed by atoms with Gasteiger partial charge in [-0.2, -0.15) is 4.98 Å². The summed E-state index contributed by atoms with van der Waals surface area (Å²) in [6, 6.07) is 8.55. The standard InChI is InChI=1S/C13H15N3O/c1-9-4-6-10(7-5-9)12-15-13(17-16-12)11-3-2-8-14-11/h4-7,11,14H,2-3,8H2,1H3/p+1/t11-/m1/s1. The molecule has 0 amide bonds. The Balaban J connectivity index is 1.86. The largest absolute Gasteiger partial charge is 0.336 e. The quantitative estimate of drug-likeness (QED) is 0.849. The zero-order valence-electron chi connectivity index (χ0n) is 9.89. The molecule has 1 atom stereocenters. The Kier molecular flexibility index (Phi) is 2.65. The molecule has 0 saturated carbocycles. The van der Waals surface area contributed by atoms with Crippen molar-refractivity contribution in [1.82, 2.24) is 10.1 Å². The molecule has 0 spiro atoms. The van der Waals surface area contributed by atoms with E-state index in [1.807, 2.05) is 12.1 Å². The Labute approximate surface area is 100 Å². The van der Waals surface area contributed by atoms with Crippen LogP contribution in [0.5, 0.6) is 0 Å². The third-order valence-corrected chi connectivity index (χ3v) is 3.24. The van der Waals surface area contributed by atoms with Gasteiger partial charge in [-0.3, -0.25) is 0 Å². The van der Waals surface area contributed by atoms with Crippen molar-refractivity contribution in [2.75, 3.05) is 6.54 Å². The van der Waals surface area contributed by atoms with Gasteiger partial charge in [0.2, 0.25) is 5.82 Å². The van der Waals surface area contributed by atoms with E-state index in [1.165, 1.54) is 12.0 Å². The smallest absolute Gasteiger partial charge is 0.285 e. The van der Waals surface area contributed by atoms with Crippen LogP contribution >= 0.6 is 0 Å². The Morgan fingerprint density at radius 2 is 2.12 bits per heavy atom. The minimum atomic E-state index is 0.363. The third kappa shape index (κ3) is 2.08. The number of nitrogens with zero attached hydrogens (tertiary/aromatic N) is 2. The molecule has 4 heteroatoms. The van der Waals surface area contributed by atoms with E-state index in [4.69, 9.17) is 4.52 Å². The Morgan fingerprint density at radius 1 is 1.29 bits per heavy atom. The summed E-state index contributed by atoms with van der Waals surface area (Å²) in [5.41, 5.74) is 2.25.